The van der Waals surface area contributed by atoms with E-state index >= 15 is 0 Å². The molecule has 0 radical (unpaired) electrons. The van der Waals surface area contributed by atoms with Gasteiger partial charge in [0.15, 0.2) is 0 Å². The van der Waals surface area contributed by atoms with Gasteiger partial charge >= 0.3 is 0 Å². The van der Waals surface area contributed by atoms with Gasteiger partial charge in [0.05, 0.1) is 16.4 Å². The van der Waals surface area contributed by atoms with Gasteiger partial charge < -0.3 is 11.1 Å². The summed E-state index contributed by atoms with van der Waals surface area (Å²) in [6.45, 7) is 0. The second-order valence-electron chi connectivity index (χ2n) is 4.39. The van der Waals surface area contributed by atoms with E-state index in [1.165, 1.54) is 23.5 Å². The van der Waals surface area contributed by atoms with Crippen LogP contribution in [-0.2, 0) is 0 Å². The number of fused-ring (bicyclic) bond motifs is 1. The smallest absolute Gasteiger partial charge is 0.267 e. The molecular weight excluding hydrogens is 311 g/mol. The molecule has 0 aliphatic carbocycles. The number of hydrogen-bond donors (Lipinski definition) is 2. The summed E-state index contributed by atoms with van der Waals surface area (Å²) in [5, 5.41) is 3.67. The van der Waals surface area contributed by atoms with E-state index in [2.05, 4.69) is 5.32 Å². The van der Waals surface area contributed by atoms with Crippen molar-refractivity contribution in [1.29, 1.82) is 0 Å². The van der Waals surface area contributed by atoms with E-state index in [0.29, 0.717) is 21.0 Å². The third-order valence-corrected chi connectivity index (χ3v) is 4.51. The first-order valence-electron chi connectivity index (χ1n) is 6.10. The molecule has 0 fully saturated rings. The van der Waals surface area contributed by atoms with Crippen molar-refractivity contribution in [3.05, 3.63) is 58.2 Å². The van der Waals surface area contributed by atoms with Gasteiger partial charge in [-0.3, -0.25) is 4.79 Å². The molecule has 0 aliphatic heterocycles. The number of hydrogen-bond acceptors (Lipinski definition) is 3. The fourth-order valence-corrected chi connectivity index (χ4v) is 3.42. The number of carbonyl (C=O) groups excluding carboxylic acids is 1. The maximum Gasteiger partial charge on any atom is 0.267 e. The van der Waals surface area contributed by atoms with Crippen molar-refractivity contribution >= 4 is 50.3 Å². The van der Waals surface area contributed by atoms with Crippen LogP contribution in [-0.4, -0.2) is 5.91 Å². The topological polar surface area (TPSA) is 55.1 Å². The van der Waals surface area contributed by atoms with Crippen LogP contribution in [0, 0.1) is 5.82 Å². The van der Waals surface area contributed by atoms with Crippen molar-refractivity contribution in [3.63, 3.8) is 0 Å². The van der Waals surface area contributed by atoms with Crippen LogP contribution in [0.4, 0.5) is 15.8 Å². The summed E-state index contributed by atoms with van der Waals surface area (Å²) in [6.07, 6.45) is 0. The van der Waals surface area contributed by atoms with Gasteiger partial charge in [-0.1, -0.05) is 29.8 Å². The number of anilines is 2. The zero-order valence-corrected chi connectivity index (χ0v) is 12.3. The van der Waals surface area contributed by atoms with Crippen molar-refractivity contribution in [3.8, 4) is 0 Å². The summed E-state index contributed by atoms with van der Waals surface area (Å²) in [5.74, 6) is -0.946. The van der Waals surface area contributed by atoms with Gasteiger partial charge in [-0.2, -0.15) is 0 Å². The van der Waals surface area contributed by atoms with Gasteiger partial charge in [-0.25, -0.2) is 4.39 Å². The normalized spacial score (nSPS) is 10.8. The molecule has 0 spiro atoms. The largest absolute Gasteiger partial charge is 0.397 e. The van der Waals surface area contributed by atoms with Gasteiger partial charge in [0.25, 0.3) is 5.91 Å². The first kappa shape index (κ1) is 13.9. The van der Waals surface area contributed by atoms with Gasteiger partial charge in [-0.15, -0.1) is 11.3 Å². The monoisotopic (exact) mass is 320 g/mol. The van der Waals surface area contributed by atoms with E-state index in [-0.39, 0.29) is 5.69 Å². The summed E-state index contributed by atoms with van der Waals surface area (Å²) >= 11 is 7.33. The van der Waals surface area contributed by atoms with E-state index < -0.39 is 11.7 Å². The quantitative estimate of drug-likeness (QED) is 0.729. The zero-order chi connectivity index (χ0) is 15.0. The minimum Gasteiger partial charge on any atom is -0.397 e. The number of thiophene rings is 1. The fourth-order valence-electron chi connectivity index (χ4n) is 2.04. The first-order valence-corrected chi connectivity index (χ1v) is 7.29. The lowest BCUT2D eigenvalue weighted by atomic mass is 10.2. The van der Waals surface area contributed by atoms with Crippen LogP contribution < -0.4 is 11.1 Å². The average Bonchev–Trinajstić information content (AvgIpc) is 2.80. The van der Waals surface area contributed by atoms with Gasteiger partial charge in [0.1, 0.15) is 10.7 Å². The van der Waals surface area contributed by atoms with Crippen LogP contribution in [0.1, 0.15) is 9.67 Å². The summed E-state index contributed by atoms with van der Waals surface area (Å²) in [4.78, 5) is 12.6. The number of rotatable bonds is 2. The molecule has 0 atom stereocenters. The zero-order valence-electron chi connectivity index (χ0n) is 10.7. The molecule has 1 aromatic heterocycles. The fraction of sp³-hybridized carbons (Fsp3) is 0. The molecule has 1 heterocycles. The number of nitrogens with two attached hydrogens (primary N) is 1. The van der Waals surface area contributed by atoms with E-state index in [0.717, 1.165) is 4.70 Å². The number of amides is 1. The molecule has 6 heteroatoms. The highest BCUT2D eigenvalue weighted by Crippen LogP contribution is 2.38. The highest BCUT2D eigenvalue weighted by atomic mass is 35.5. The average molecular weight is 321 g/mol. The first-order chi connectivity index (χ1) is 10.1. The van der Waals surface area contributed by atoms with Crippen molar-refractivity contribution in [2.45, 2.75) is 0 Å². The Bertz CT molecular complexity index is 847. The van der Waals surface area contributed by atoms with Crippen LogP contribution in [0.25, 0.3) is 10.1 Å². The molecule has 21 heavy (non-hydrogen) atoms. The molecule has 106 valence electrons. The summed E-state index contributed by atoms with van der Waals surface area (Å²) in [5.41, 5.74) is 6.43. The van der Waals surface area contributed by atoms with Gasteiger partial charge in [0, 0.05) is 10.1 Å². The SMILES string of the molecule is Nc1c(C(=O)Nc2ccccc2F)sc2cccc(Cl)c12. The lowest BCUT2D eigenvalue weighted by Gasteiger charge is -2.05. The van der Waals surface area contributed by atoms with Gasteiger partial charge in [-0.05, 0) is 24.3 Å². The van der Waals surface area contributed by atoms with Crippen LogP contribution >= 0.6 is 22.9 Å². The third-order valence-electron chi connectivity index (χ3n) is 3.03. The molecule has 0 saturated carbocycles. The molecule has 0 unspecified atom stereocenters. The standard InChI is InChI=1S/C15H10ClFN2OS/c16-8-4-3-7-11-12(8)13(18)14(21-11)15(20)19-10-6-2-1-5-9(10)17/h1-7H,18H2,(H,19,20). The predicted molar refractivity (Wildman–Crippen MR) is 85.6 cm³/mol. The Morgan fingerprint density at radius 1 is 1.19 bits per heavy atom. The maximum atomic E-state index is 13.6. The molecule has 1 amide bonds. The molecule has 3 aromatic rings. The van der Waals surface area contributed by atoms with E-state index in [1.54, 1.807) is 24.3 Å². The van der Waals surface area contributed by atoms with Crippen LogP contribution in [0.5, 0.6) is 0 Å². The van der Waals surface area contributed by atoms with Crippen molar-refractivity contribution < 1.29 is 9.18 Å². The van der Waals surface area contributed by atoms with Crippen molar-refractivity contribution in [1.82, 2.24) is 0 Å². The number of para-hydroxylation sites is 1. The molecule has 3 nitrogen and oxygen atoms in total. The Morgan fingerprint density at radius 3 is 2.67 bits per heavy atom. The Kier molecular flexibility index (Phi) is 3.53. The van der Waals surface area contributed by atoms with E-state index in [4.69, 9.17) is 17.3 Å². The minimum absolute atomic E-state index is 0.116. The molecule has 0 saturated heterocycles. The third kappa shape index (κ3) is 2.46. The minimum atomic E-state index is -0.497. The predicted octanol–water partition coefficient (Wildman–Crippen LogP) is 4.53. The Morgan fingerprint density at radius 2 is 1.95 bits per heavy atom. The molecule has 0 aliphatic rings. The Hall–Kier alpha value is -2.11. The highest BCUT2D eigenvalue weighted by molar-refractivity contribution is 7.21. The lowest BCUT2D eigenvalue weighted by molar-refractivity contribution is 0.103. The van der Waals surface area contributed by atoms with Crippen molar-refractivity contribution in [2.75, 3.05) is 11.1 Å². The number of benzene rings is 2. The van der Waals surface area contributed by atoms with Crippen molar-refractivity contribution in [2.24, 2.45) is 0 Å². The number of nitrogens with one attached hydrogen (secondary N) is 1. The second kappa shape index (κ2) is 5.35. The molecule has 2 aromatic carbocycles. The van der Waals surface area contributed by atoms with Gasteiger partial charge in [0.2, 0.25) is 0 Å². The molecule has 3 N–H and O–H groups in total. The maximum absolute atomic E-state index is 13.6. The number of halogens is 2. The second-order valence-corrected chi connectivity index (χ2v) is 5.85. The van der Waals surface area contributed by atoms with Crippen LogP contribution in [0.2, 0.25) is 5.02 Å². The molecular formula is C15H10ClFN2OS. The number of nitrogen functional groups attached to an aromatic ring is 1. The molecule has 3 rings (SSSR count). The summed E-state index contributed by atoms with van der Waals surface area (Å²) < 4.78 is 14.4. The summed E-state index contributed by atoms with van der Waals surface area (Å²) in [6, 6.07) is 11.3. The lowest BCUT2D eigenvalue weighted by Crippen LogP contribution is -2.12. The molecule has 0 bridgehead atoms. The highest BCUT2D eigenvalue weighted by Gasteiger charge is 2.18. The van der Waals surface area contributed by atoms with Crippen LogP contribution in [0.15, 0.2) is 42.5 Å². The number of carbonyl (C=O) groups is 1. The summed E-state index contributed by atoms with van der Waals surface area (Å²) in [7, 11) is 0. The van der Waals surface area contributed by atoms with E-state index in [9.17, 15) is 9.18 Å². The van der Waals surface area contributed by atoms with E-state index in [1.807, 2.05) is 6.07 Å². The Labute approximate surface area is 129 Å². The van der Waals surface area contributed by atoms with Crippen LogP contribution in [0.3, 0.4) is 0 Å². The Balaban J connectivity index is 2.01.